The largest absolute Gasteiger partial charge is 0.315 e. The van der Waals surface area contributed by atoms with Crippen molar-refractivity contribution < 1.29 is 0 Å². The van der Waals surface area contributed by atoms with Gasteiger partial charge in [0.1, 0.15) is 0 Å². The van der Waals surface area contributed by atoms with Crippen LogP contribution in [0.1, 0.15) is 19.8 Å². The molecule has 74 valence electrons. The molecule has 0 spiro atoms. The van der Waals surface area contributed by atoms with Crippen LogP contribution in [0.2, 0.25) is 0 Å². The van der Waals surface area contributed by atoms with E-state index < -0.39 is 0 Å². The van der Waals surface area contributed by atoms with E-state index in [9.17, 15) is 0 Å². The molecule has 2 nitrogen and oxygen atoms in total. The molecule has 4 saturated heterocycles. The van der Waals surface area contributed by atoms with Crippen LogP contribution in [0.15, 0.2) is 0 Å². The molecule has 0 amide bonds. The number of nitrogens with one attached hydrogen (secondary N) is 1. The Balaban J connectivity index is 1.86. The van der Waals surface area contributed by atoms with E-state index in [1.54, 1.807) is 0 Å². The standard InChI is InChI=1S/C11H20N2/c1-8-6-12-7-10-11(8)9-2-4-13(10)5-3-9/h8-12H,2-7H2,1H3. The van der Waals surface area contributed by atoms with E-state index in [1.165, 1.54) is 39.0 Å². The van der Waals surface area contributed by atoms with Gasteiger partial charge in [-0.05, 0) is 50.2 Å². The predicted molar refractivity (Wildman–Crippen MR) is 53.6 cm³/mol. The first-order valence-corrected chi connectivity index (χ1v) is 5.81. The molecule has 13 heavy (non-hydrogen) atoms. The molecular weight excluding hydrogens is 160 g/mol. The normalized spacial score (nSPS) is 54.7. The Bertz CT molecular complexity index is 196. The summed E-state index contributed by atoms with van der Waals surface area (Å²) >= 11 is 0. The van der Waals surface area contributed by atoms with E-state index in [0.29, 0.717) is 0 Å². The zero-order valence-electron chi connectivity index (χ0n) is 8.50. The van der Waals surface area contributed by atoms with Crippen LogP contribution in [-0.2, 0) is 0 Å². The van der Waals surface area contributed by atoms with Gasteiger partial charge in [0.2, 0.25) is 0 Å². The van der Waals surface area contributed by atoms with Crippen molar-refractivity contribution in [1.29, 1.82) is 0 Å². The molecule has 4 aliphatic heterocycles. The van der Waals surface area contributed by atoms with Gasteiger partial charge in [-0.2, -0.15) is 0 Å². The van der Waals surface area contributed by atoms with Crippen molar-refractivity contribution in [3.05, 3.63) is 0 Å². The average molecular weight is 180 g/mol. The van der Waals surface area contributed by atoms with Crippen molar-refractivity contribution in [2.75, 3.05) is 26.2 Å². The number of fused-ring (bicyclic) bond motifs is 2. The quantitative estimate of drug-likeness (QED) is 0.597. The van der Waals surface area contributed by atoms with Gasteiger partial charge in [-0.15, -0.1) is 0 Å². The lowest BCUT2D eigenvalue weighted by Crippen LogP contribution is -2.63. The lowest BCUT2D eigenvalue weighted by Gasteiger charge is -2.55. The van der Waals surface area contributed by atoms with Crippen molar-refractivity contribution in [3.63, 3.8) is 0 Å². The first-order chi connectivity index (χ1) is 6.36. The van der Waals surface area contributed by atoms with Crippen molar-refractivity contribution in [1.82, 2.24) is 10.2 Å². The number of rotatable bonds is 0. The maximum absolute atomic E-state index is 3.58. The summed E-state index contributed by atoms with van der Waals surface area (Å²) in [6.45, 7) is 7.70. The minimum absolute atomic E-state index is 0.885. The second kappa shape index (κ2) is 2.96. The van der Waals surface area contributed by atoms with Gasteiger partial charge in [0, 0.05) is 12.6 Å². The van der Waals surface area contributed by atoms with Gasteiger partial charge in [-0.3, -0.25) is 4.90 Å². The topological polar surface area (TPSA) is 15.3 Å². The summed E-state index contributed by atoms with van der Waals surface area (Å²) in [6, 6.07) is 0.885. The smallest absolute Gasteiger partial charge is 0.0254 e. The first-order valence-electron chi connectivity index (χ1n) is 5.81. The molecule has 4 rings (SSSR count). The molecule has 0 aliphatic carbocycles. The van der Waals surface area contributed by atoms with Crippen LogP contribution < -0.4 is 5.32 Å². The molecule has 0 aromatic carbocycles. The molecule has 2 bridgehead atoms. The molecule has 2 heteroatoms. The third-order valence-corrected chi connectivity index (χ3v) is 4.51. The second-order valence-corrected chi connectivity index (χ2v) is 5.15. The molecule has 0 saturated carbocycles. The van der Waals surface area contributed by atoms with Crippen LogP contribution >= 0.6 is 0 Å². The summed E-state index contributed by atoms with van der Waals surface area (Å²) in [5, 5.41) is 3.58. The SMILES string of the molecule is CC1CNCC2C1C1CCN2CC1. The number of hydrogen-bond acceptors (Lipinski definition) is 2. The Labute approximate surface area is 80.7 Å². The van der Waals surface area contributed by atoms with Crippen LogP contribution in [0.3, 0.4) is 0 Å². The maximum atomic E-state index is 3.58. The van der Waals surface area contributed by atoms with Gasteiger partial charge >= 0.3 is 0 Å². The van der Waals surface area contributed by atoms with E-state index in [2.05, 4.69) is 17.1 Å². The summed E-state index contributed by atoms with van der Waals surface area (Å²) in [4.78, 5) is 2.73. The fraction of sp³-hybridized carbons (Fsp3) is 1.00. The third-order valence-electron chi connectivity index (χ3n) is 4.51. The summed E-state index contributed by atoms with van der Waals surface area (Å²) in [6.07, 6.45) is 2.96. The van der Waals surface area contributed by atoms with Gasteiger partial charge in [0.25, 0.3) is 0 Å². The van der Waals surface area contributed by atoms with Gasteiger partial charge in [0.05, 0.1) is 0 Å². The number of hydrogen-bond donors (Lipinski definition) is 1. The minimum atomic E-state index is 0.885. The highest BCUT2D eigenvalue weighted by molar-refractivity contribution is 4.99. The van der Waals surface area contributed by atoms with Crippen molar-refractivity contribution in [2.45, 2.75) is 25.8 Å². The Morgan fingerprint density at radius 2 is 1.92 bits per heavy atom. The molecule has 0 radical (unpaired) electrons. The summed E-state index contributed by atoms with van der Waals surface area (Å²) in [5.41, 5.74) is 0. The predicted octanol–water partition coefficient (Wildman–Crippen LogP) is 0.936. The monoisotopic (exact) mass is 180 g/mol. The highest BCUT2D eigenvalue weighted by atomic mass is 15.2. The average Bonchev–Trinajstić information content (AvgIpc) is 2.20. The van der Waals surface area contributed by atoms with E-state index in [1.807, 2.05) is 0 Å². The summed E-state index contributed by atoms with van der Waals surface area (Å²) in [5.74, 6) is 2.99. The zero-order valence-corrected chi connectivity index (χ0v) is 8.50. The second-order valence-electron chi connectivity index (χ2n) is 5.15. The van der Waals surface area contributed by atoms with Crippen LogP contribution in [0.5, 0.6) is 0 Å². The lowest BCUT2D eigenvalue weighted by molar-refractivity contribution is -0.0479. The highest BCUT2D eigenvalue weighted by Gasteiger charge is 2.45. The molecule has 1 N–H and O–H groups in total. The van der Waals surface area contributed by atoms with Crippen LogP contribution in [0.25, 0.3) is 0 Å². The Kier molecular flexibility index (Phi) is 1.88. The van der Waals surface area contributed by atoms with E-state index in [-0.39, 0.29) is 0 Å². The highest BCUT2D eigenvalue weighted by Crippen LogP contribution is 2.42. The van der Waals surface area contributed by atoms with Crippen LogP contribution in [-0.4, -0.2) is 37.1 Å². The number of nitrogens with zero attached hydrogens (tertiary/aromatic N) is 1. The van der Waals surface area contributed by atoms with E-state index in [4.69, 9.17) is 0 Å². The van der Waals surface area contributed by atoms with Crippen LogP contribution in [0.4, 0.5) is 0 Å². The van der Waals surface area contributed by atoms with Crippen molar-refractivity contribution in [3.8, 4) is 0 Å². The van der Waals surface area contributed by atoms with Gasteiger partial charge in [-0.25, -0.2) is 0 Å². The molecule has 0 aromatic heterocycles. The van der Waals surface area contributed by atoms with Crippen molar-refractivity contribution in [2.24, 2.45) is 17.8 Å². The first kappa shape index (κ1) is 8.25. The summed E-state index contributed by atoms with van der Waals surface area (Å²) < 4.78 is 0. The molecule has 3 unspecified atom stereocenters. The fourth-order valence-electron chi connectivity index (χ4n) is 3.90. The fourth-order valence-corrected chi connectivity index (χ4v) is 3.90. The Morgan fingerprint density at radius 1 is 1.15 bits per heavy atom. The minimum Gasteiger partial charge on any atom is -0.315 e. The Hall–Kier alpha value is -0.0800. The number of piperidine rings is 4. The van der Waals surface area contributed by atoms with Crippen LogP contribution in [0, 0.1) is 17.8 Å². The van der Waals surface area contributed by atoms with E-state index >= 15 is 0 Å². The van der Waals surface area contributed by atoms with Gasteiger partial charge in [0.15, 0.2) is 0 Å². The molecule has 4 heterocycles. The van der Waals surface area contributed by atoms with Gasteiger partial charge < -0.3 is 5.32 Å². The molecular formula is C11H20N2. The molecule has 3 atom stereocenters. The van der Waals surface area contributed by atoms with E-state index in [0.717, 1.165) is 23.8 Å². The summed E-state index contributed by atoms with van der Waals surface area (Å²) in [7, 11) is 0. The molecule has 0 aromatic rings. The molecule has 4 fully saturated rings. The molecule has 4 aliphatic rings. The zero-order chi connectivity index (χ0) is 8.84. The van der Waals surface area contributed by atoms with Gasteiger partial charge in [-0.1, -0.05) is 6.92 Å². The Morgan fingerprint density at radius 3 is 2.62 bits per heavy atom. The van der Waals surface area contributed by atoms with Crippen molar-refractivity contribution >= 4 is 0 Å². The maximum Gasteiger partial charge on any atom is 0.0254 e. The third kappa shape index (κ3) is 1.15. The lowest BCUT2D eigenvalue weighted by atomic mass is 9.67.